The van der Waals surface area contributed by atoms with Gasteiger partial charge < -0.3 is 4.74 Å². The molecule has 2 rings (SSSR count). The number of esters is 1. The van der Waals surface area contributed by atoms with Crippen molar-refractivity contribution in [2.45, 2.75) is 33.6 Å². The standard InChI is InChI=1S/C15H17IO2/c1-10-6-7-13(12(16)9-10)18-14(17)15(3)8-4-5-11(15)2/h5-7,9H,4,8H2,1-3H3/t15-/m1/s1. The molecule has 0 saturated carbocycles. The highest BCUT2D eigenvalue weighted by Crippen LogP contribution is 2.40. The molecule has 0 spiro atoms. The summed E-state index contributed by atoms with van der Waals surface area (Å²) in [6.07, 6.45) is 3.93. The van der Waals surface area contributed by atoms with E-state index in [0.717, 1.165) is 22.0 Å². The predicted octanol–water partition coefficient (Wildman–Crippen LogP) is 4.25. The maximum absolute atomic E-state index is 12.3. The molecular weight excluding hydrogens is 339 g/mol. The Morgan fingerprint density at radius 3 is 2.67 bits per heavy atom. The van der Waals surface area contributed by atoms with Gasteiger partial charge in [-0.25, -0.2) is 0 Å². The Labute approximate surface area is 122 Å². The summed E-state index contributed by atoms with van der Waals surface area (Å²) in [6.45, 7) is 6.00. The number of halogens is 1. The first kappa shape index (κ1) is 13.6. The van der Waals surface area contributed by atoms with Crippen LogP contribution in [-0.2, 0) is 4.79 Å². The van der Waals surface area contributed by atoms with E-state index in [1.165, 1.54) is 5.56 Å². The minimum absolute atomic E-state index is 0.143. The number of allylic oxidation sites excluding steroid dienone is 1. The maximum Gasteiger partial charge on any atom is 0.321 e. The number of carbonyl (C=O) groups is 1. The smallest absolute Gasteiger partial charge is 0.321 e. The van der Waals surface area contributed by atoms with Gasteiger partial charge in [-0.1, -0.05) is 17.7 Å². The molecule has 0 fully saturated rings. The fraction of sp³-hybridized carbons (Fsp3) is 0.400. The number of carbonyl (C=O) groups excluding carboxylic acids is 1. The van der Waals surface area contributed by atoms with Gasteiger partial charge in [0.1, 0.15) is 5.75 Å². The van der Waals surface area contributed by atoms with Gasteiger partial charge in [0.05, 0.1) is 8.99 Å². The Kier molecular flexibility index (Phi) is 3.80. The molecule has 1 atom stereocenters. The summed E-state index contributed by atoms with van der Waals surface area (Å²) < 4.78 is 6.55. The second-order valence-electron chi connectivity index (χ2n) is 5.08. The highest BCUT2D eigenvalue weighted by atomic mass is 127. The molecule has 0 bridgehead atoms. The molecule has 1 aromatic carbocycles. The molecule has 96 valence electrons. The third-order valence-electron chi connectivity index (χ3n) is 3.71. The third-order valence-corrected chi connectivity index (χ3v) is 4.55. The van der Waals surface area contributed by atoms with Crippen LogP contribution in [0.25, 0.3) is 0 Å². The molecule has 2 nitrogen and oxygen atoms in total. The number of rotatable bonds is 2. The fourth-order valence-electron chi connectivity index (χ4n) is 2.16. The summed E-state index contributed by atoms with van der Waals surface area (Å²) in [5.41, 5.74) is 1.84. The van der Waals surface area contributed by atoms with Crippen molar-refractivity contribution in [1.29, 1.82) is 0 Å². The molecule has 0 radical (unpaired) electrons. The molecule has 0 heterocycles. The average molecular weight is 356 g/mol. The van der Waals surface area contributed by atoms with E-state index in [1.54, 1.807) is 0 Å². The topological polar surface area (TPSA) is 26.3 Å². The Morgan fingerprint density at radius 1 is 1.39 bits per heavy atom. The van der Waals surface area contributed by atoms with Crippen LogP contribution in [-0.4, -0.2) is 5.97 Å². The highest BCUT2D eigenvalue weighted by Gasteiger charge is 2.39. The zero-order valence-electron chi connectivity index (χ0n) is 10.9. The maximum atomic E-state index is 12.3. The van der Waals surface area contributed by atoms with Gasteiger partial charge in [-0.3, -0.25) is 4.79 Å². The van der Waals surface area contributed by atoms with E-state index in [4.69, 9.17) is 4.74 Å². The van der Waals surface area contributed by atoms with Crippen molar-refractivity contribution in [3.05, 3.63) is 39.0 Å². The Hall–Kier alpha value is -0.840. The SMILES string of the molecule is CC1=CCC[C@@]1(C)C(=O)Oc1ccc(C)cc1I. The van der Waals surface area contributed by atoms with Crippen LogP contribution in [0.2, 0.25) is 0 Å². The Morgan fingerprint density at radius 2 is 2.11 bits per heavy atom. The van der Waals surface area contributed by atoms with E-state index in [2.05, 4.69) is 28.7 Å². The lowest BCUT2D eigenvalue weighted by atomic mass is 9.84. The molecule has 0 N–H and O–H groups in total. The lowest BCUT2D eigenvalue weighted by Crippen LogP contribution is -2.31. The number of aryl methyl sites for hydroxylation is 1. The van der Waals surface area contributed by atoms with Gasteiger partial charge in [0, 0.05) is 0 Å². The fourth-order valence-corrected chi connectivity index (χ4v) is 2.95. The van der Waals surface area contributed by atoms with Crippen LogP contribution in [0.15, 0.2) is 29.8 Å². The predicted molar refractivity (Wildman–Crippen MR) is 80.6 cm³/mol. The van der Waals surface area contributed by atoms with Crippen LogP contribution in [0.1, 0.15) is 32.3 Å². The molecule has 0 aliphatic heterocycles. The number of ether oxygens (including phenoxy) is 1. The van der Waals surface area contributed by atoms with Crippen LogP contribution >= 0.6 is 22.6 Å². The molecule has 3 heteroatoms. The van der Waals surface area contributed by atoms with E-state index in [-0.39, 0.29) is 5.97 Å². The van der Waals surface area contributed by atoms with Crippen molar-refractivity contribution in [1.82, 2.24) is 0 Å². The molecule has 0 aromatic heterocycles. The van der Waals surface area contributed by atoms with Gasteiger partial charge in [-0.2, -0.15) is 0 Å². The molecule has 1 aromatic rings. The monoisotopic (exact) mass is 356 g/mol. The van der Waals surface area contributed by atoms with Crippen LogP contribution < -0.4 is 4.74 Å². The zero-order valence-corrected chi connectivity index (χ0v) is 13.1. The highest BCUT2D eigenvalue weighted by molar-refractivity contribution is 14.1. The van der Waals surface area contributed by atoms with E-state index < -0.39 is 5.41 Å². The van der Waals surface area contributed by atoms with Crippen LogP contribution in [0.5, 0.6) is 5.75 Å². The quantitative estimate of drug-likeness (QED) is 0.343. The molecular formula is C15H17IO2. The molecule has 1 aliphatic carbocycles. The summed E-state index contributed by atoms with van der Waals surface area (Å²) in [4.78, 5) is 12.3. The summed E-state index contributed by atoms with van der Waals surface area (Å²) >= 11 is 2.20. The normalized spacial score (nSPS) is 22.8. The molecule has 0 amide bonds. The summed E-state index contributed by atoms with van der Waals surface area (Å²) in [5, 5.41) is 0. The van der Waals surface area contributed by atoms with Gasteiger partial charge in [-0.05, 0) is 73.9 Å². The van der Waals surface area contributed by atoms with Crippen LogP contribution in [0, 0.1) is 15.9 Å². The third kappa shape index (κ3) is 2.46. The summed E-state index contributed by atoms with van der Waals surface area (Å²) in [5.74, 6) is 0.516. The van der Waals surface area contributed by atoms with E-state index >= 15 is 0 Å². The van der Waals surface area contributed by atoms with Gasteiger partial charge >= 0.3 is 5.97 Å². The summed E-state index contributed by atoms with van der Waals surface area (Å²) in [7, 11) is 0. The molecule has 18 heavy (non-hydrogen) atoms. The minimum Gasteiger partial charge on any atom is -0.425 e. The summed E-state index contributed by atoms with van der Waals surface area (Å²) in [6, 6.07) is 5.85. The van der Waals surface area contributed by atoms with Gasteiger partial charge in [-0.15, -0.1) is 0 Å². The van der Waals surface area contributed by atoms with Crippen LogP contribution in [0.3, 0.4) is 0 Å². The van der Waals surface area contributed by atoms with Crippen molar-refractivity contribution in [3.8, 4) is 5.75 Å². The number of hydrogen-bond donors (Lipinski definition) is 0. The first-order valence-corrected chi connectivity index (χ1v) is 7.17. The van der Waals surface area contributed by atoms with Crippen LogP contribution in [0.4, 0.5) is 0 Å². The lowest BCUT2D eigenvalue weighted by molar-refractivity contribution is -0.142. The van der Waals surface area contributed by atoms with Gasteiger partial charge in [0.15, 0.2) is 0 Å². The molecule has 0 saturated heterocycles. The van der Waals surface area contributed by atoms with Crippen molar-refractivity contribution >= 4 is 28.6 Å². The van der Waals surface area contributed by atoms with Crippen molar-refractivity contribution < 1.29 is 9.53 Å². The second kappa shape index (κ2) is 5.03. The average Bonchev–Trinajstić information content (AvgIpc) is 2.64. The first-order valence-electron chi connectivity index (χ1n) is 6.09. The zero-order chi connectivity index (χ0) is 13.3. The van der Waals surface area contributed by atoms with Crippen molar-refractivity contribution in [2.75, 3.05) is 0 Å². The lowest BCUT2D eigenvalue weighted by Gasteiger charge is -2.23. The van der Waals surface area contributed by atoms with Gasteiger partial charge in [0.25, 0.3) is 0 Å². The van der Waals surface area contributed by atoms with Crippen molar-refractivity contribution in [2.24, 2.45) is 5.41 Å². The minimum atomic E-state index is -0.450. The number of hydrogen-bond acceptors (Lipinski definition) is 2. The first-order chi connectivity index (χ1) is 8.43. The van der Waals surface area contributed by atoms with E-state index in [9.17, 15) is 4.79 Å². The second-order valence-corrected chi connectivity index (χ2v) is 6.24. The molecule has 0 unspecified atom stereocenters. The van der Waals surface area contributed by atoms with Crippen molar-refractivity contribution in [3.63, 3.8) is 0 Å². The van der Waals surface area contributed by atoms with E-state index in [1.807, 2.05) is 39.0 Å². The van der Waals surface area contributed by atoms with E-state index in [0.29, 0.717) is 5.75 Å². The largest absolute Gasteiger partial charge is 0.425 e. The van der Waals surface area contributed by atoms with Gasteiger partial charge in [0.2, 0.25) is 0 Å². The number of benzene rings is 1. The Balaban J connectivity index is 2.19. The molecule has 1 aliphatic rings. The Bertz CT molecular complexity index is 519.